The maximum atomic E-state index is 10.5. The monoisotopic (exact) mass is 322 g/mol. The number of ether oxygens (including phenoxy) is 1. The van der Waals surface area contributed by atoms with Crippen molar-refractivity contribution >= 4 is 14.1 Å². The molecule has 0 aliphatic heterocycles. The quantitative estimate of drug-likeness (QED) is 0.365. The molecule has 7 heteroatoms. The van der Waals surface area contributed by atoms with Crippen LogP contribution in [0.15, 0.2) is 35.5 Å². The zero-order valence-electron chi connectivity index (χ0n) is 12.7. The average molecular weight is 322 g/mol. The summed E-state index contributed by atoms with van der Waals surface area (Å²) in [5, 5.41) is 11.8. The van der Waals surface area contributed by atoms with Crippen molar-refractivity contribution in [2.45, 2.75) is 13.8 Å². The third-order valence-corrected chi connectivity index (χ3v) is 4.09. The normalized spacial score (nSPS) is 10.8. The molecule has 0 spiro atoms. The van der Waals surface area contributed by atoms with Crippen molar-refractivity contribution in [3.63, 3.8) is 0 Å². The van der Waals surface area contributed by atoms with E-state index in [-0.39, 0.29) is 5.69 Å². The molecule has 0 aliphatic carbocycles. The van der Waals surface area contributed by atoms with Crippen molar-refractivity contribution in [3.05, 3.63) is 40.8 Å². The molecule has 118 valence electrons. The first-order valence-corrected chi connectivity index (χ1v) is 8.30. The zero-order valence-corrected chi connectivity index (χ0v) is 13.6. The molecular weight excluding hydrogens is 303 g/mol. The highest BCUT2D eigenvalue weighted by Gasteiger charge is 2.06. The predicted molar refractivity (Wildman–Crippen MR) is 86.3 cm³/mol. The van der Waals surface area contributed by atoms with Gasteiger partial charge in [0, 0.05) is 12.2 Å². The van der Waals surface area contributed by atoms with Crippen LogP contribution < -0.4 is 4.74 Å². The topological polar surface area (TPSA) is 80.9 Å². The van der Waals surface area contributed by atoms with E-state index in [0.29, 0.717) is 37.3 Å². The van der Waals surface area contributed by atoms with E-state index >= 15 is 0 Å². The van der Waals surface area contributed by atoms with Gasteiger partial charge in [-0.05, 0) is 31.2 Å². The Kier molecular flexibility index (Phi) is 9.01. The Morgan fingerprint density at radius 1 is 1.27 bits per heavy atom. The molecule has 0 aliphatic rings. The minimum absolute atomic E-state index is 0.231. The average Bonchev–Trinajstić information content (AvgIpc) is 2.54. The summed E-state index contributed by atoms with van der Waals surface area (Å²) in [4.78, 5) is 10.5. The summed E-state index contributed by atoms with van der Waals surface area (Å²) in [7, 11) is -0.900. The minimum atomic E-state index is -0.900. The molecule has 1 aromatic rings. The number of allylic oxidation sites excluding steroid dienone is 1. The second kappa shape index (κ2) is 10.9. The molecule has 0 fully saturated rings. The van der Waals surface area contributed by atoms with Crippen molar-refractivity contribution in [1.82, 2.24) is 0 Å². The van der Waals surface area contributed by atoms with Crippen LogP contribution in [0.1, 0.15) is 19.4 Å². The molecule has 0 radical (unpaired) electrons. The van der Waals surface area contributed by atoms with E-state index in [0.717, 1.165) is 0 Å². The SMILES string of the molecule is CCOP(C/C=C/COc1cc(N=O)ccc1C#N)OCC. The lowest BCUT2D eigenvalue weighted by atomic mass is 10.2. The van der Waals surface area contributed by atoms with Crippen LogP contribution in [-0.2, 0) is 9.05 Å². The molecule has 0 amide bonds. The van der Waals surface area contributed by atoms with Gasteiger partial charge in [-0.3, -0.25) is 0 Å². The zero-order chi connectivity index (χ0) is 16.2. The number of hydrogen-bond acceptors (Lipinski definition) is 6. The van der Waals surface area contributed by atoms with Crippen LogP contribution in [0.4, 0.5) is 5.69 Å². The molecule has 0 unspecified atom stereocenters. The molecule has 0 heterocycles. The molecule has 0 bridgehead atoms. The molecular formula is C15H19N2O4P. The van der Waals surface area contributed by atoms with Crippen molar-refractivity contribution < 1.29 is 13.8 Å². The van der Waals surface area contributed by atoms with E-state index in [2.05, 4.69) is 5.18 Å². The summed E-state index contributed by atoms with van der Waals surface area (Å²) in [6.07, 6.45) is 4.43. The summed E-state index contributed by atoms with van der Waals surface area (Å²) in [6, 6.07) is 6.45. The standard InChI is InChI=1S/C15H19N2O4P/c1-3-20-22(21-4-2)10-6-5-9-19-15-11-14(17-18)8-7-13(15)12-16/h5-8,11H,3-4,9-10H2,1-2H3/b6-5+. The van der Waals surface area contributed by atoms with Crippen molar-refractivity contribution in [2.75, 3.05) is 26.0 Å². The van der Waals surface area contributed by atoms with Gasteiger partial charge in [-0.1, -0.05) is 12.2 Å². The van der Waals surface area contributed by atoms with Crippen molar-refractivity contribution in [1.29, 1.82) is 5.26 Å². The van der Waals surface area contributed by atoms with Crippen LogP contribution in [0, 0.1) is 16.2 Å². The molecule has 0 aromatic heterocycles. The Balaban J connectivity index is 2.51. The summed E-state index contributed by atoms with van der Waals surface area (Å²) >= 11 is 0. The second-order valence-electron chi connectivity index (χ2n) is 4.02. The largest absolute Gasteiger partial charge is 0.488 e. The Morgan fingerprint density at radius 3 is 2.59 bits per heavy atom. The molecule has 0 N–H and O–H groups in total. The fourth-order valence-corrected chi connectivity index (χ4v) is 2.76. The third kappa shape index (κ3) is 6.31. The lowest BCUT2D eigenvalue weighted by Crippen LogP contribution is -1.97. The van der Waals surface area contributed by atoms with Crippen LogP contribution in [0.5, 0.6) is 5.75 Å². The first-order chi connectivity index (χ1) is 10.7. The summed E-state index contributed by atoms with van der Waals surface area (Å²) < 4.78 is 16.4. The van der Waals surface area contributed by atoms with Gasteiger partial charge in [0.1, 0.15) is 24.1 Å². The van der Waals surface area contributed by atoms with E-state index < -0.39 is 8.38 Å². The van der Waals surface area contributed by atoms with E-state index in [9.17, 15) is 4.91 Å². The fourth-order valence-electron chi connectivity index (χ4n) is 1.58. The van der Waals surface area contributed by atoms with Crippen LogP contribution >= 0.6 is 8.38 Å². The second-order valence-corrected chi connectivity index (χ2v) is 5.56. The molecule has 0 saturated carbocycles. The van der Waals surface area contributed by atoms with E-state index in [1.54, 1.807) is 0 Å². The van der Waals surface area contributed by atoms with Gasteiger partial charge in [0.15, 0.2) is 8.38 Å². The Labute approximate surface area is 131 Å². The molecule has 0 saturated heterocycles. The maximum Gasteiger partial charge on any atom is 0.174 e. The highest BCUT2D eigenvalue weighted by atomic mass is 31.2. The van der Waals surface area contributed by atoms with E-state index in [1.807, 2.05) is 32.1 Å². The molecule has 0 atom stereocenters. The Morgan fingerprint density at radius 2 is 2.00 bits per heavy atom. The summed E-state index contributed by atoms with van der Waals surface area (Å²) in [5.74, 6) is 0.348. The summed E-state index contributed by atoms with van der Waals surface area (Å²) in [6.45, 7) is 5.38. The first kappa shape index (κ1) is 18.2. The fraction of sp³-hybridized carbons (Fsp3) is 0.400. The van der Waals surface area contributed by atoms with Gasteiger partial charge in [-0.15, -0.1) is 4.91 Å². The number of nitroso groups, excluding NO2 is 1. The van der Waals surface area contributed by atoms with Gasteiger partial charge in [-0.2, -0.15) is 5.26 Å². The van der Waals surface area contributed by atoms with Gasteiger partial charge < -0.3 is 13.8 Å². The maximum absolute atomic E-state index is 10.5. The lowest BCUT2D eigenvalue weighted by molar-refractivity contribution is 0.271. The van der Waals surface area contributed by atoms with E-state index in [4.69, 9.17) is 19.0 Å². The third-order valence-electron chi connectivity index (χ3n) is 2.49. The molecule has 1 rings (SSSR count). The number of nitrogens with zero attached hydrogens (tertiary/aromatic N) is 2. The Hall–Kier alpha value is -1.80. The molecule has 6 nitrogen and oxygen atoms in total. The van der Waals surface area contributed by atoms with Gasteiger partial charge in [0.2, 0.25) is 0 Å². The number of nitriles is 1. The van der Waals surface area contributed by atoms with Crippen LogP contribution in [0.3, 0.4) is 0 Å². The Bertz CT molecular complexity index is 537. The minimum Gasteiger partial charge on any atom is -0.488 e. The van der Waals surface area contributed by atoms with E-state index in [1.165, 1.54) is 18.2 Å². The molecule has 22 heavy (non-hydrogen) atoms. The van der Waals surface area contributed by atoms with Crippen molar-refractivity contribution in [3.8, 4) is 11.8 Å². The van der Waals surface area contributed by atoms with Gasteiger partial charge >= 0.3 is 0 Å². The number of rotatable bonds is 10. The highest BCUT2D eigenvalue weighted by molar-refractivity contribution is 7.47. The van der Waals surface area contributed by atoms with Gasteiger partial charge in [0.05, 0.1) is 18.8 Å². The van der Waals surface area contributed by atoms with Crippen LogP contribution in [0.2, 0.25) is 0 Å². The highest BCUT2D eigenvalue weighted by Crippen LogP contribution is 2.37. The van der Waals surface area contributed by atoms with Crippen LogP contribution in [-0.4, -0.2) is 26.0 Å². The smallest absolute Gasteiger partial charge is 0.174 e. The van der Waals surface area contributed by atoms with Gasteiger partial charge in [-0.25, -0.2) is 0 Å². The number of hydrogen-bond donors (Lipinski definition) is 0. The number of benzene rings is 1. The molecule has 1 aromatic carbocycles. The van der Waals surface area contributed by atoms with Crippen molar-refractivity contribution in [2.24, 2.45) is 5.18 Å². The summed E-state index contributed by atoms with van der Waals surface area (Å²) in [5.41, 5.74) is 0.598. The van der Waals surface area contributed by atoms with Gasteiger partial charge in [0.25, 0.3) is 0 Å². The predicted octanol–water partition coefficient (Wildman–Crippen LogP) is 4.28. The first-order valence-electron chi connectivity index (χ1n) is 6.93. The lowest BCUT2D eigenvalue weighted by Gasteiger charge is -2.13. The van der Waals surface area contributed by atoms with Crippen LogP contribution in [0.25, 0.3) is 0 Å².